The van der Waals surface area contributed by atoms with Gasteiger partial charge in [-0.05, 0) is 27.5 Å². The second kappa shape index (κ2) is 4.27. The van der Waals surface area contributed by atoms with E-state index in [2.05, 4.69) is 20.9 Å². The van der Waals surface area contributed by atoms with Crippen molar-refractivity contribution >= 4 is 32.8 Å². The maximum absolute atomic E-state index is 12.8. The monoisotopic (exact) mass is 287 g/mol. The molecule has 7 heteroatoms. The van der Waals surface area contributed by atoms with E-state index in [1.807, 2.05) is 0 Å². The summed E-state index contributed by atoms with van der Waals surface area (Å²) in [7, 11) is 0. The van der Waals surface area contributed by atoms with Crippen LogP contribution >= 0.6 is 27.5 Å². The van der Waals surface area contributed by atoms with Crippen LogP contribution < -0.4 is 0 Å². The topological polar surface area (TPSA) is 30.0 Å². The van der Waals surface area contributed by atoms with Crippen molar-refractivity contribution in [1.82, 2.24) is 4.98 Å². The van der Waals surface area contributed by atoms with Crippen molar-refractivity contribution in [3.8, 4) is 0 Å². The molecular weight excluding hydrogens is 286 g/mol. The van der Waals surface area contributed by atoms with Gasteiger partial charge in [-0.2, -0.15) is 0 Å². The molecule has 0 amide bonds. The van der Waals surface area contributed by atoms with Crippen LogP contribution in [0.4, 0.5) is 13.2 Å². The van der Waals surface area contributed by atoms with E-state index in [0.29, 0.717) is 6.20 Å². The molecule has 14 heavy (non-hydrogen) atoms. The Hall–Kier alpha value is -0.620. The Balaban J connectivity index is 3.45. The van der Waals surface area contributed by atoms with Crippen LogP contribution in [0, 0.1) is 5.82 Å². The second-order valence-corrected chi connectivity index (χ2v) is 3.39. The van der Waals surface area contributed by atoms with Gasteiger partial charge in [-0.25, -0.2) is 18.2 Å². The Morgan fingerprint density at radius 2 is 2.14 bits per heavy atom. The van der Waals surface area contributed by atoms with Crippen LogP contribution in [-0.4, -0.2) is 10.2 Å². The molecule has 0 aromatic carbocycles. The van der Waals surface area contributed by atoms with Crippen molar-refractivity contribution < 1.29 is 18.0 Å². The van der Waals surface area contributed by atoms with Gasteiger partial charge in [-0.3, -0.25) is 4.79 Å². The average molecular weight is 288 g/mol. The number of halogens is 5. The van der Waals surface area contributed by atoms with E-state index >= 15 is 0 Å². The van der Waals surface area contributed by atoms with Crippen molar-refractivity contribution in [1.29, 1.82) is 0 Å². The van der Waals surface area contributed by atoms with E-state index in [-0.39, 0.29) is 0 Å². The van der Waals surface area contributed by atoms with Gasteiger partial charge in [0, 0.05) is 0 Å². The van der Waals surface area contributed by atoms with Gasteiger partial charge in [0.2, 0.25) is 0 Å². The predicted octanol–water partition coefficient (Wildman–Crippen LogP) is 3.30. The standard InChI is InChI=1S/C7H2BrClF3NO/c8-4-2(10)1-13-5(6(9)14)3(4)7(11)12/h1,7H. The Bertz CT molecular complexity index is 385. The number of carbonyl (C=O) groups excluding carboxylic acids is 1. The summed E-state index contributed by atoms with van der Waals surface area (Å²) in [5.41, 5.74) is -1.47. The fraction of sp³-hybridized carbons (Fsp3) is 0.143. The summed E-state index contributed by atoms with van der Waals surface area (Å²) < 4.78 is 37.1. The third-order valence-electron chi connectivity index (χ3n) is 1.41. The van der Waals surface area contributed by atoms with E-state index in [9.17, 15) is 18.0 Å². The van der Waals surface area contributed by atoms with Crippen LogP contribution in [0.3, 0.4) is 0 Å². The minimum atomic E-state index is -3.02. The summed E-state index contributed by atoms with van der Waals surface area (Å²) in [5, 5.41) is -1.15. The van der Waals surface area contributed by atoms with E-state index in [1.54, 1.807) is 0 Å². The highest BCUT2D eigenvalue weighted by atomic mass is 79.9. The van der Waals surface area contributed by atoms with Gasteiger partial charge < -0.3 is 0 Å². The first kappa shape index (κ1) is 11.5. The third kappa shape index (κ3) is 2.06. The number of hydrogen-bond acceptors (Lipinski definition) is 2. The zero-order valence-corrected chi connectivity index (χ0v) is 8.74. The lowest BCUT2D eigenvalue weighted by atomic mass is 10.2. The molecule has 0 fully saturated rings. The number of carbonyl (C=O) groups is 1. The zero-order valence-electron chi connectivity index (χ0n) is 6.40. The van der Waals surface area contributed by atoms with E-state index < -0.39 is 33.2 Å². The molecule has 1 rings (SSSR count). The molecule has 0 bridgehead atoms. The van der Waals surface area contributed by atoms with E-state index in [4.69, 9.17) is 11.6 Å². The quantitative estimate of drug-likeness (QED) is 0.782. The number of nitrogens with zero attached hydrogens (tertiary/aromatic N) is 1. The number of pyridine rings is 1. The zero-order chi connectivity index (χ0) is 10.9. The first-order valence-electron chi connectivity index (χ1n) is 3.27. The minimum Gasteiger partial charge on any atom is -0.274 e. The fourth-order valence-electron chi connectivity index (χ4n) is 0.836. The van der Waals surface area contributed by atoms with Gasteiger partial charge in [0.1, 0.15) is 5.69 Å². The number of rotatable bonds is 2. The number of alkyl halides is 2. The van der Waals surface area contributed by atoms with Crippen LogP contribution in [0.15, 0.2) is 10.7 Å². The lowest BCUT2D eigenvalue weighted by Crippen LogP contribution is -2.04. The van der Waals surface area contributed by atoms with Crippen molar-refractivity contribution in [2.45, 2.75) is 6.43 Å². The highest BCUT2D eigenvalue weighted by Crippen LogP contribution is 2.31. The molecule has 0 saturated carbocycles. The summed E-state index contributed by atoms with van der Waals surface area (Å²) in [5.74, 6) is -0.970. The van der Waals surface area contributed by atoms with E-state index in [1.165, 1.54) is 0 Å². The Morgan fingerprint density at radius 1 is 1.57 bits per heavy atom. The van der Waals surface area contributed by atoms with Gasteiger partial charge >= 0.3 is 0 Å². The molecule has 0 saturated heterocycles. The first-order valence-corrected chi connectivity index (χ1v) is 4.44. The molecule has 0 unspecified atom stereocenters. The predicted molar refractivity (Wildman–Crippen MR) is 47.0 cm³/mol. The summed E-state index contributed by atoms with van der Waals surface area (Å²) in [4.78, 5) is 13.9. The maximum Gasteiger partial charge on any atom is 0.271 e. The molecule has 1 aromatic heterocycles. The molecule has 0 atom stereocenters. The Labute approximate surface area is 90.2 Å². The van der Waals surface area contributed by atoms with Crippen molar-refractivity contribution in [2.24, 2.45) is 0 Å². The number of aromatic nitrogens is 1. The minimum absolute atomic E-state index is 0.494. The molecule has 1 heterocycles. The highest BCUT2D eigenvalue weighted by molar-refractivity contribution is 9.10. The van der Waals surface area contributed by atoms with Gasteiger partial charge in [-0.15, -0.1) is 0 Å². The van der Waals surface area contributed by atoms with E-state index in [0.717, 1.165) is 0 Å². The lowest BCUT2D eigenvalue weighted by Gasteiger charge is -2.06. The smallest absolute Gasteiger partial charge is 0.271 e. The molecule has 0 radical (unpaired) electrons. The molecule has 0 aliphatic rings. The van der Waals surface area contributed by atoms with Crippen LogP contribution in [0.2, 0.25) is 0 Å². The van der Waals surface area contributed by atoms with Crippen LogP contribution in [0.1, 0.15) is 22.5 Å². The molecular formula is C7H2BrClF3NO. The van der Waals surface area contributed by atoms with Crippen LogP contribution in [-0.2, 0) is 0 Å². The maximum atomic E-state index is 12.8. The van der Waals surface area contributed by atoms with Crippen LogP contribution in [0.5, 0.6) is 0 Å². The third-order valence-corrected chi connectivity index (χ3v) is 2.40. The molecule has 2 nitrogen and oxygen atoms in total. The summed E-state index contributed by atoms with van der Waals surface area (Å²) >= 11 is 7.59. The average Bonchev–Trinajstić information content (AvgIpc) is 2.08. The second-order valence-electron chi connectivity index (χ2n) is 2.26. The van der Waals surface area contributed by atoms with Crippen molar-refractivity contribution in [2.75, 3.05) is 0 Å². The van der Waals surface area contributed by atoms with Gasteiger partial charge in [0.05, 0.1) is 16.2 Å². The molecule has 0 N–H and O–H groups in total. The molecule has 0 aliphatic carbocycles. The van der Waals surface area contributed by atoms with Crippen LogP contribution in [0.25, 0.3) is 0 Å². The first-order chi connectivity index (χ1) is 6.45. The van der Waals surface area contributed by atoms with Crippen molar-refractivity contribution in [3.63, 3.8) is 0 Å². The van der Waals surface area contributed by atoms with Gasteiger partial charge in [-0.1, -0.05) is 0 Å². The molecule has 76 valence electrons. The normalized spacial score (nSPS) is 10.7. The lowest BCUT2D eigenvalue weighted by molar-refractivity contribution is 0.105. The Morgan fingerprint density at radius 3 is 2.57 bits per heavy atom. The largest absolute Gasteiger partial charge is 0.274 e. The Kier molecular flexibility index (Phi) is 3.49. The van der Waals surface area contributed by atoms with Gasteiger partial charge in [0.25, 0.3) is 11.7 Å². The molecule has 0 aliphatic heterocycles. The fourth-order valence-corrected chi connectivity index (χ4v) is 1.45. The summed E-state index contributed by atoms with van der Waals surface area (Å²) in [6.07, 6.45) is -2.38. The number of hydrogen-bond donors (Lipinski definition) is 0. The molecule has 0 spiro atoms. The van der Waals surface area contributed by atoms with Crippen molar-refractivity contribution in [3.05, 3.63) is 27.7 Å². The summed E-state index contributed by atoms with van der Waals surface area (Å²) in [6, 6.07) is 0. The van der Waals surface area contributed by atoms with Gasteiger partial charge in [0.15, 0.2) is 5.82 Å². The SMILES string of the molecule is O=C(Cl)c1ncc(F)c(Br)c1C(F)F. The summed E-state index contributed by atoms with van der Waals surface area (Å²) in [6.45, 7) is 0. The highest BCUT2D eigenvalue weighted by Gasteiger charge is 2.24. The molecule has 1 aromatic rings.